The molecule has 1 aliphatic rings. The molecule has 0 aliphatic carbocycles. The SMILES string of the molecule is CN1CCCN(C(=O)CCc2ccc(C#N)cc2)CC1. The number of carbonyl (C=O) groups excluding carboxylic acids is 1. The predicted molar refractivity (Wildman–Crippen MR) is 78.2 cm³/mol. The molecule has 1 heterocycles. The molecule has 0 spiro atoms. The van der Waals surface area contributed by atoms with E-state index < -0.39 is 0 Å². The van der Waals surface area contributed by atoms with Crippen LogP contribution in [0.2, 0.25) is 0 Å². The number of hydrogen-bond acceptors (Lipinski definition) is 3. The van der Waals surface area contributed by atoms with Crippen molar-refractivity contribution in [3.63, 3.8) is 0 Å². The lowest BCUT2D eigenvalue weighted by molar-refractivity contribution is -0.131. The van der Waals surface area contributed by atoms with E-state index in [2.05, 4.69) is 18.0 Å². The third kappa shape index (κ3) is 4.07. The van der Waals surface area contributed by atoms with Crippen molar-refractivity contribution in [2.24, 2.45) is 0 Å². The van der Waals surface area contributed by atoms with E-state index in [1.54, 1.807) is 12.1 Å². The van der Waals surface area contributed by atoms with Gasteiger partial charge >= 0.3 is 0 Å². The van der Waals surface area contributed by atoms with Crippen LogP contribution in [0.3, 0.4) is 0 Å². The number of nitriles is 1. The fourth-order valence-electron chi connectivity index (χ4n) is 2.45. The molecule has 1 aromatic carbocycles. The first kappa shape index (κ1) is 14.5. The van der Waals surface area contributed by atoms with Gasteiger partial charge in [-0.25, -0.2) is 0 Å². The van der Waals surface area contributed by atoms with Crippen LogP contribution in [0.1, 0.15) is 24.0 Å². The van der Waals surface area contributed by atoms with Gasteiger partial charge in [-0.3, -0.25) is 4.79 Å². The highest BCUT2D eigenvalue weighted by Crippen LogP contribution is 2.09. The normalized spacial score (nSPS) is 16.5. The van der Waals surface area contributed by atoms with Crippen LogP contribution in [0.25, 0.3) is 0 Å². The molecular formula is C16H21N3O. The van der Waals surface area contributed by atoms with E-state index in [4.69, 9.17) is 5.26 Å². The van der Waals surface area contributed by atoms with E-state index in [0.29, 0.717) is 12.0 Å². The topological polar surface area (TPSA) is 47.3 Å². The van der Waals surface area contributed by atoms with Crippen molar-refractivity contribution in [2.75, 3.05) is 33.2 Å². The number of aryl methyl sites for hydroxylation is 1. The number of hydrogen-bond donors (Lipinski definition) is 0. The summed E-state index contributed by atoms with van der Waals surface area (Å²) in [6.07, 6.45) is 2.35. The van der Waals surface area contributed by atoms with E-state index in [1.165, 1.54) is 0 Å². The Morgan fingerprint density at radius 1 is 1.20 bits per heavy atom. The monoisotopic (exact) mass is 271 g/mol. The van der Waals surface area contributed by atoms with E-state index in [0.717, 1.165) is 44.6 Å². The molecule has 0 atom stereocenters. The maximum absolute atomic E-state index is 12.2. The molecule has 0 N–H and O–H groups in total. The molecule has 4 heteroatoms. The molecular weight excluding hydrogens is 250 g/mol. The summed E-state index contributed by atoms with van der Waals surface area (Å²) in [7, 11) is 2.10. The van der Waals surface area contributed by atoms with Crippen LogP contribution in [0, 0.1) is 11.3 Å². The molecule has 20 heavy (non-hydrogen) atoms. The van der Waals surface area contributed by atoms with Crippen LogP contribution in [0.4, 0.5) is 0 Å². The number of likely N-dealkylation sites (N-methyl/N-ethyl adjacent to an activating group) is 1. The fraction of sp³-hybridized carbons (Fsp3) is 0.500. The summed E-state index contributed by atoms with van der Waals surface area (Å²) in [5, 5.41) is 8.75. The Bertz CT molecular complexity index is 489. The lowest BCUT2D eigenvalue weighted by Gasteiger charge is -2.20. The smallest absolute Gasteiger partial charge is 0.222 e. The molecule has 1 aliphatic heterocycles. The van der Waals surface area contributed by atoms with Crippen molar-refractivity contribution in [1.82, 2.24) is 9.80 Å². The first-order valence-corrected chi connectivity index (χ1v) is 7.14. The molecule has 1 saturated heterocycles. The summed E-state index contributed by atoms with van der Waals surface area (Å²) in [6.45, 7) is 3.74. The Balaban J connectivity index is 1.83. The zero-order valence-electron chi connectivity index (χ0n) is 12.0. The number of amides is 1. The second kappa shape index (κ2) is 7.06. The van der Waals surface area contributed by atoms with Gasteiger partial charge in [0.15, 0.2) is 0 Å². The number of nitrogens with zero attached hydrogens (tertiary/aromatic N) is 3. The van der Waals surface area contributed by atoms with Crippen LogP contribution in [0.5, 0.6) is 0 Å². The van der Waals surface area contributed by atoms with Gasteiger partial charge in [0, 0.05) is 26.1 Å². The largest absolute Gasteiger partial charge is 0.341 e. The first-order chi connectivity index (χ1) is 9.69. The van der Waals surface area contributed by atoms with E-state index in [-0.39, 0.29) is 5.91 Å². The van der Waals surface area contributed by atoms with Crippen molar-refractivity contribution in [3.8, 4) is 6.07 Å². The van der Waals surface area contributed by atoms with Gasteiger partial charge in [0.1, 0.15) is 0 Å². The van der Waals surface area contributed by atoms with Crippen molar-refractivity contribution < 1.29 is 4.79 Å². The van der Waals surface area contributed by atoms with E-state index in [1.807, 2.05) is 17.0 Å². The Hall–Kier alpha value is -1.86. The lowest BCUT2D eigenvalue weighted by Crippen LogP contribution is -2.34. The second-order valence-electron chi connectivity index (χ2n) is 5.35. The summed E-state index contributed by atoms with van der Waals surface area (Å²) in [5.74, 6) is 0.240. The average molecular weight is 271 g/mol. The maximum Gasteiger partial charge on any atom is 0.222 e. The third-order valence-corrected chi connectivity index (χ3v) is 3.78. The standard InChI is InChI=1S/C16H21N3O/c1-18-9-2-10-19(12-11-18)16(20)8-7-14-3-5-15(13-17)6-4-14/h3-6H,2,7-12H2,1H3. The molecule has 0 aromatic heterocycles. The third-order valence-electron chi connectivity index (χ3n) is 3.78. The van der Waals surface area contributed by atoms with Gasteiger partial charge in [-0.2, -0.15) is 5.26 Å². The predicted octanol–water partition coefficient (Wildman–Crippen LogP) is 1.65. The van der Waals surface area contributed by atoms with Gasteiger partial charge in [0.25, 0.3) is 0 Å². The minimum Gasteiger partial charge on any atom is -0.341 e. The second-order valence-corrected chi connectivity index (χ2v) is 5.35. The van der Waals surface area contributed by atoms with Gasteiger partial charge < -0.3 is 9.80 Å². The van der Waals surface area contributed by atoms with Gasteiger partial charge in [-0.1, -0.05) is 12.1 Å². The summed E-state index contributed by atoms with van der Waals surface area (Å²) >= 11 is 0. The summed E-state index contributed by atoms with van der Waals surface area (Å²) < 4.78 is 0. The van der Waals surface area contributed by atoms with Gasteiger partial charge in [-0.15, -0.1) is 0 Å². The van der Waals surface area contributed by atoms with Gasteiger partial charge in [0.2, 0.25) is 5.91 Å². The van der Waals surface area contributed by atoms with Crippen molar-refractivity contribution in [1.29, 1.82) is 5.26 Å². The molecule has 0 radical (unpaired) electrons. The quantitative estimate of drug-likeness (QED) is 0.840. The van der Waals surface area contributed by atoms with Crippen molar-refractivity contribution >= 4 is 5.91 Å². The Kier molecular flexibility index (Phi) is 5.14. The molecule has 1 amide bonds. The highest BCUT2D eigenvalue weighted by Gasteiger charge is 2.16. The van der Waals surface area contributed by atoms with E-state index in [9.17, 15) is 4.79 Å². The van der Waals surface area contributed by atoms with E-state index >= 15 is 0 Å². The lowest BCUT2D eigenvalue weighted by atomic mass is 10.1. The minimum atomic E-state index is 0.240. The number of benzene rings is 1. The summed E-state index contributed by atoms with van der Waals surface area (Å²) in [6, 6.07) is 9.58. The zero-order valence-corrected chi connectivity index (χ0v) is 12.0. The van der Waals surface area contributed by atoms with Crippen molar-refractivity contribution in [2.45, 2.75) is 19.3 Å². The molecule has 0 unspecified atom stereocenters. The molecule has 4 nitrogen and oxygen atoms in total. The summed E-state index contributed by atoms with van der Waals surface area (Å²) in [5.41, 5.74) is 1.78. The fourth-order valence-corrected chi connectivity index (χ4v) is 2.45. The van der Waals surface area contributed by atoms with Crippen LogP contribution < -0.4 is 0 Å². The maximum atomic E-state index is 12.2. The average Bonchev–Trinajstić information content (AvgIpc) is 2.70. The Morgan fingerprint density at radius 3 is 2.65 bits per heavy atom. The number of rotatable bonds is 3. The zero-order chi connectivity index (χ0) is 14.4. The van der Waals surface area contributed by atoms with Crippen LogP contribution >= 0.6 is 0 Å². The Labute approximate surface area is 120 Å². The molecule has 0 bridgehead atoms. The van der Waals surface area contributed by atoms with Gasteiger partial charge in [0.05, 0.1) is 11.6 Å². The molecule has 1 fully saturated rings. The van der Waals surface area contributed by atoms with Crippen LogP contribution in [0.15, 0.2) is 24.3 Å². The molecule has 2 rings (SSSR count). The highest BCUT2D eigenvalue weighted by molar-refractivity contribution is 5.76. The highest BCUT2D eigenvalue weighted by atomic mass is 16.2. The molecule has 1 aromatic rings. The minimum absolute atomic E-state index is 0.240. The molecule has 106 valence electrons. The summed E-state index contributed by atoms with van der Waals surface area (Å²) in [4.78, 5) is 16.5. The van der Waals surface area contributed by atoms with Crippen molar-refractivity contribution in [3.05, 3.63) is 35.4 Å². The van der Waals surface area contributed by atoms with Gasteiger partial charge in [-0.05, 0) is 44.1 Å². The number of carbonyl (C=O) groups is 1. The van der Waals surface area contributed by atoms with Crippen LogP contribution in [-0.4, -0.2) is 48.9 Å². The molecule has 0 saturated carbocycles. The van der Waals surface area contributed by atoms with Crippen LogP contribution in [-0.2, 0) is 11.2 Å². The Morgan fingerprint density at radius 2 is 1.95 bits per heavy atom. The first-order valence-electron chi connectivity index (χ1n) is 7.14.